The van der Waals surface area contributed by atoms with E-state index in [2.05, 4.69) is 10.6 Å². The molecule has 11 nitrogen and oxygen atoms in total. The molecule has 13 heteroatoms. The molecule has 2 fully saturated rings. The highest BCUT2D eigenvalue weighted by molar-refractivity contribution is 7.80. The predicted molar refractivity (Wildman–Crippen MR) is 161 cm³/mol. The third-order valence-electron chi connectivity index (χ3n) is 7.12. The number of carbonyl (C=O) groups excluding carboxylic acids is 4. The Morgan fingerprint density at radius 3 is 2.40 bits per heavy atom. The molecule has 2 aliphatic heterocycles. The van der Waals surface area contributed by atoms with Gasteiger partial charge in [-0.15, -0.1) is 0 Å². The highest BCUT2D eigenvalue weighted by Crippen LogP contribution is 2.28. The summed E-state index contributed by atoms with van der Waals surface area (Å²) in [5.41, 5.74) is 7.33. The zero-order valence-electron chi connectivity index (χ0n) is 23.6. The molecule has 0 aliphatic carbocycles. The van der Waals surface area contributed by atoms with E-state index in [1.165, 1.54) is 11.0 Å². The zero-order valence-corrected chi connectivity index (χ0v) is 24.4. The number of nitrogens with one attached hydrogen (secondary N) is 2. The summed E-state index contributed by atoms with van der Waals surface area (Å²) in [5.74, 6) is -1.11. The minimum absolute atomic E-state index is 0.0572. The molecule has 0 saturated carbocycles. The lowest BCUT2D eigenvalue weighted by molar-refractivity contribution is -0.131. The summed E-state index contributed by atoms with van der Waals surface area (Å²) in [6.45, 7) is 5.65. The summed E-state index contributed by atoms with van der Waals surface area (Å²) in [4.78, 5) is 54.9. The van der Waals surface area contributed by atoms with Crippen LogP contribution in [0.1, 0.15) is 37.0 Å². The molecule has 2 aliphatic rings. The number of piperazine rings is 1. The van der Waals surface area contributed by atoms with Crippen LogP contribution in [0.25, 0.3) is 0 Å². The van der Waals surface area contributed by atoms with Crippen molar-refractivity contribution in [2.75, 3.05) is 54.4 Å². The number of amides is 3. The van der Waals surface area contributed by atoms with Gasteiger partial charge in [0.15, 0.2) is 5.78 Å². The molecule has 0 radical (unpaired) electrons. The van der Waals surface area contributed by atoms with Gasteiger partial charge in [0, 0.05) is 50.3 Å². The van der Waals surface area contributed by atoms with Gasteiger partial charge in [-0.05, 0) is 56.3 Å². The van der Waals surface area contributed by atoms with Crippen LogP contribution < -0.4 is 26.2 Å². The van der Waals surface area contributed by atoms with Crippen molar-refractivity contribution in [3.63, 3.8) is 0 Å². The molecule has 2 atom stereocenters. The van der Waals surface area contributed by atoms with Crippen molar-refractivity contribution < 1.29 is 28.3 Å². The van der Waals surface area contributed by atoms with Gasteiger partial charge in [-0.1, -0.05) is 12.2 Å². The standard InChI is InChI=1S/C29H35FN6O5S/c1-18(31)28(39)33-21-5-3-20(4-6-21)26(37)9-10-27(38)35-13-11-34(12-14-35)25-8-7-22(15-24(25)30)36-17-23(41-29(36)40)16-32-19(2)42/h3-8,15,18,23H,9-14,16-17,31H2,1-2H3,(H,32,42)(H,33,39)/t18?,23-/m0/s1. The van der Waals surface area contributed by atoms with Crippen LogP contribution in [0.5, 0.6) is 0 Å². The predicted octanol–water partition coefficient (Wildman–Crippen LogP) is 2.69. The molecule has 4 rings (SSSR count). The normalized spacial score (nSPS) is 17.5. The van der Waals surface area contributed by atoms with Crippen molar-refractivity contribution >= 4 is 58.0 Å². The lowest BCUT2D eigenvalue weighted by Gasteiger charge is -2.36. The maximum Gasteiger partial charge on any atom is 0.414 e. The van der Waals surface area contributed by atoms with Crippen LogP contribution in [0.4, 0.5) is 26.2 Å². The molecule has 224 valence electrons. The van der Waals surface area contributed by atoms with Crippen LogP contribution >= 0.6 is 12.2 Å². The van der Waals surface area contributed by atoms with Crippen molar-refractivity contribution in [1.29, 1.82) is 0 Å². The summed E-state index contributed by atoms with van der Waals surface area (Å²) in [6, 6.07) is 10.4. The molecule has 2 saturated heterocycles. The quantitative estimate of drug-likeness (QED) is 0.278. The number of ether oxygens (including phenoxy) is 1. The second-order valence-electron chi connectivity index (χ2n) is 10.3. The fourth-order valence-electron chi connectivity index (χ4n) is 4.73. The van der Waals surface area contributed by atoms with Gasteiger partial charge in [0.25, 0.3) is 0 Å². The fraction of sp³-hybridized carbons (Fsp3) is 0.414. The van der Waals surface area contributed by atoms with E-state index in [-0.39, 0.29) is 43.1 Å². The van der Waals surface area contributed by atoms with Gasteiger partial charge in [0.05, 0.1) is 35.5 Å². The van der Waals surface area contributed by atoms with E-state index in [0.717, 1.165) is 0 Å². The van der Waals surface area contributed by atoms with Crippen LogP contribution in [0.3, 0.4) is 0 Å². The van der Waals surface area contributed by atoms with Crippen molar-refractivity contribution in [2.24, 2.45) is 5.73 Å². The van der Waals surface area contributed by atoms with Crippen LogP contribution in [0.2, 0.25) is 0 Å². The molecular weight excluding hydrogens is 563 g/mol. The lowest BCUT2D eigenvalue weighted by atomic mass is 10.1. The number of nitrogens with two attached hydrogens (primary N) is 1. The Bertz CT molecular complexity index is 1350. The third kappa shape index (κ3) is 7.79. The van der Waals surface area contributed by atoms with Gasteiger partial charge in [0.2, 0.25) is 11.8 Å². The Labute approximate surface area is 249 Å². The van der Waals surface area contributed by atoms with Gasteiger partial charge < -0.3 is 30.9 Å². The number of hydrogen-bond acceptors (Lipinski definition) is 8. The monoisotopic (exact) mass is 598 g/mol. The highest BCUT2D eigenvalue weighted by Gasteiger charge is 2.33. The molecule has 0 aromatic heterocycles. The van der Waals surface area contributed by atoms with Crippen LogP contribution in [0, 0.1) is 5.82 Å². The van der Waals surface area contributed by atoms with E-state index in [0.29, 0.717) is 60.3 Å². The first kappa shape index (κ1) is 30.8. The average molecular weight is 599 g/mol. The maximum absolute atomic E-state index is 15.1. The minimum Gasteiger partial charge on any atom is -0.442 e. The summed E-state index contributed by atoms with van der Waals surface area (Å²) in [5, 5.41) is 5.63. The number of carbonyl (C=O) groups is 4. The molecule has 0 bridgehead atoms. The average Bonchev–Trinajstić information content (AvgIpc) is 3.35. The minimum atomic E-state index is -0.650. The molecule has 42 heavy (non-hydrogen) atoms. The van der Waals surface area contributed by atoms with Crippen molar-refractivity contribution in [3.05, 3.63) is 53.8 Å². The molecule has 4 N–H and O–H groups in total. The Kier molecular flexibility index (Phi) is 10.1. The van der Waals surface area contributed by atoms with Crippen molar-refractivity contribution in [1.82, 2.24) is 10.2 Å². The van der Waals surface area contributed by atoms with Crippen LogP contribution in [0.15, 0.2) is 42.5 Å². The zero-order chi connectivity index (χ0) is 30.4. The summed E-state index contributed by atoms with van der Waals surface area (Å²) < 4.78 is 20.5. The van der Waals surface area contributed by atoms with E-state index in [9.17, 15) is 19.2 Å². The van der Waals surface area contributed by atoms with Crippen LogP contribution in [-0.4, -0.2) is 85.0 Å². The van der Waals surface area contributed by atoms with E-state index in [4.69, 9.17) is 22.7 Å². The Hall–Kier alpha value is -4.10. The number of Topliss-reactive ketones (excluding diaryl/α,β-unsaturated/α-hetero) is 1. The number of rotatable bonds is 10. The third-order valence-corrected chi connectivity index (χ3v) is 7.27. The molecule has 3 amide bonds. The number of benzene rings is 2. The number of thiocarbonyl (C=S) groups is 1. The number of halogens is 1. The topological polar surface area (TPSA) is 137 Å². The van der Waals surface area contributed by atoms with E-state index >= 15 is 4.39 Å². The molecule has 0 spiro atoms. The summed E-state index contributed by atoms with van der Waals surface area (Å²) in [6.07, 6.45) is -0.803. The molecule has 2 heterocycles. The van der Waals surface area contributed by atoms with E-state index in [1.54, 1.807) is 55.1 Å². The van der Waals surface area contributed by atoms with E-state index < -0.39 is 18.0 Å². The molecular formula is C29H35FN6O5S. The Balaban J connectivity index is 1.24. The van der Waals surface area contributed by atoms with Crippen molar-refractivity contribution in [3.8, 4) is 0 Å². The molecule has 2 aromatic carbocycles. The Morgan fingerprint density at radius 1 is 1.10 bits per heavy atom. The summed E-state index contributed by atoms with van der Waals surface area (Å²) >= 11 is 4.99. The first-order chi connectivity index (χ1) is 20.0. The second kappa shape index (κ2) is 13.7. The number of hydrogen-bond donors (Lipinski definition) is 3. The van der Waals surface area contributed by atoms with Gasteiger partial charge in [-0.3, -0.25) is 19.3 Å². The summed E-state index contributed by atoms with van der Waals surface area (Å²) in [7, 11) is 0. The van der Waals surface area contributed by atoms with E-state index in [1.807, 2.05) is 4.90 Å². The van der Waals surface area contributed by atoms with Crippen LogP contribution in [-0.2, 0) is 14.3 Å². The van der Waals surface area contributed by atoms with Gasteiger partial charge in [-0.2, -0.15) is 0 Å². The lowest BCUT2D eigenvalue weighted by Crippen LogP contribution is -2.49. The Morgan fingerprint density at radius 2 is 1.79 bits per heavy atom. The SMILES string of the molecule is CC(=S)NC[C@H]1CN(c2ccc(N3CCN(C(=O)CCC(=O)c4ccc(NC(=O)C(C)N)cc4)CC3)c(F)c2)C(=O)O1. The molecule has 2 aromatic rings. The van der Waals surface area contributed by atoms with Crippen molar-refractivity contribution in [2.45, 2.75) is 38.8 Å². The number of anilines is 3. The van der Waals surface area contributed by atoms with Gasteiger partial charge >= 0.3 is 6.09 Å². The first-order valence-electron chi connectivity index (χ1n) is 13.8. The van der Waals surface area contributed by atoms with Gasteiger partial charge in [-0.25, -0.2) is 9.18 Å². The van der Waals surface area contributed by atoms with Gasteiger partial charge in [0.1, 0.15) is 11.9 Å². The number of ketones is 1. The second-order valence-corrected chi connectivity index (χ2v) is 10.9. The highest BCUT2D eigenvalue weighted by atomic mass is 32.1. The smallest absolute Gasteiger partial charge is 0.414 e. The number of nitrogens with zero attached hydrogens (tertiary/aromatic N) is 3. The largest absolute Gasteiger partial charge is 0.442 e. The number of cyclic esters (lactones) is 1. The maximum atomic E-state index is 15.1. The first-order valence-corrected chi connectivity index (χ1v) is 14.2. The molecule has 1 unspecified atom stereocenters. The fourth-order valence-corrected chi connectivity index (χ4v) is 4.81.